The van der Waals surface area contributed by atoms with Gasteiger partial charge in [0.05, 0.1) is 12.1 Å². The molecule has 1 unspecified atom stereocenters. The van der Waals surface area contributed by atoms with Crippen molar-refractivity contribution in [3.8, 4) is 17.1 Å². The molecule has 118 valence electrons. The third-order valence-corrected chi connectivity index (χ3v) is 3.95. The normalized spacial score (nSPS) is 12.1. The molecule has 3 aromatic rings. The predicted octanol–water partition coefficient (Wildman–Crippen LogP) is 4.25. The summed E-state index contributed by atoms with van der Waals surface area (Å²) in [6.07, 6.45) is 4.10. The van der Waals surface area contributed by atoms with Crippen LogP contribution in [0, 0.1) is 0 Å². The number of hydrogen-bond donors (Lipinski definition) is 1. The van der Waals surface area contributed by atoms with Gasteiger partial charge in [-0.3, -0.25) is 4.98 Å². The first-order chi connectivity index (χ1) is 11.2. The molecule has 0 aliphatic heterocycles. The van der Waals surface area contributed by atoms with Crippen LogP contribution in [0.3, 0.4) is 0 Å². The fraction of sp³-hybridized carbons (Fsp3) is 0.167. The number of hydrogen-bond acceptors (Lipinski definition) is 4. The van der Waals surface area contributed by atoms with Gasteiger partial charge >= 0.3 is 0 Å². The summed E-state index contributed by atoms with van der Waals surface area (Å²) >= 11 is 6.16. The summed E-state index contributed by atoms with van der Waals surface area (Å²) in [4.78, 5) is 4.00. The third kappa shape index (κ3) is 3.55. The van der Waals surface area contributed by atoms with E-state index in [1.165, 1.54) is 0 Å². The van der Waals surface area contributed by atoms with Gasteiger partial charge in [-0.25, -0.2) is 0 Å². The van der Waals surface area contributed by atoms with Crippen molar-refractivity contribution in [1.82, 2.24) is 4.98 Å². The van der Waals surface area contributed by atoms with E-state index in [1.54, 1.807) is 19.5 Å². The fourth-order valence-electron chi connectivity index (χ4n) is 2.41. The highest BCUT2D eigenvalue weighted by molar-refractivity contribution is 6.32. The summed E-state index contributed by atoms with van der Waals surface area (Å²) in [5, 5.41) is 0.552. The van der Waals surface area contributed by atoms with Gasteiger partial charge in [-0.15, -0.1) is 0 Å². The van der Waals surface area contributed by atoms with E-state index < -0.39 is 0 Å². The Hall–Kier alpha value is -2.30. The Morgan fingerprint density at radius 3 is 2.65 bits per heavy atom. The second-order valence-corrected chi connectivity index (χ2v) is 5.61. The van der Waals surface area contributed by atoms with E-state index in [4.69, 9.17) is 26.5 Å². The Kier molecular flexibility index (Phi) is 4.65. The van der Waals surface area contributed by atoms with Crippen LogP contribution in [-0.4, -0.2) is 12.1 Å². The lowest BCUT2D eigenvalue weighted by molar-refractivity contribution is 0.415. The molecule has 0 saturated heterocycles. The van der Waals surface area contributed by atoms with E-state index in [2.05, 4.69) is 4.98 Å². The van der Waals surface area contributed by atoms with Gasteiger partial charge in [0.1, 0.15) is 17.3 Å². The molecule has 0 aliphatic rings. The zero-order chi connectivity index (χ0) is 16.2. The van der Waals surface area contributed by atoms with Gasteiger partial charge < -0.3 is 14.9 Å². The Morgan fingerprint density at radius 2 is 1.96 bits per heavy atom. The topological polar surface area (TPSA) is 61.3 Å². The molecular formula is C18H17ClN2O2. The molecule has 0 bridgehead atoms. The Bertz CT molecular complexity index is 787. The number of nitrogens with zero attached hydrogens (tertiary/aromatic N) is 1. The molecule has 4 nitrogen and oxygen atoms in total. The van der Waals surface area contributed by atoms with Gasteiger partial charge in [-0.2, -0.15) is 0 Å². The second kappa shape index (κ2) is 6.86. The lowest BCUT2D eigenvalue weighted by Gasteiger charge is -2.09. The number of aromatic nitrogens is 1. The van der Waals surface area contributed by atoms with E-state index in [1.807, 2.05) is 42.5 Å². The van der Waals surface area contributed by atoms with Gasteiger partial charge in [-0.05, 0) is 48.0 Å². The van der Waals surface area contributed by atoms with Crippen molar-refractivity contribution in [2.24, 2.45) is 5.73 Å². The van der Waals surface area contributed by atoms with Crippen LogP contribution in [-0.2, 0) is 6.42 Å². The average Bonchev–Trinajstić information content (AvgIpc) is 3.04. The van der Waals surface area contributed by atoms with Gasteiger partial charge in [0, 0.05) is 30.4 Å². The quantitative estimate of drug-likeness (QED) is 0.760. The molecule has 0 spiro atoms. The van der Waals surface area contributed by atoms with E-state index in [9.17, 15) is 0 Å². The Morgan fingerprint density at radius 1 is 1.17 bits per heavy atom. The van der Waals surface area contributed by atoms with Crippen LogP contribution < -0.4 is 10.5 Å². The van der Waals surface area contributed by atoms with Crippen LogP contribution in [0.2, 0.25) is 5.02 Å². The number of furan rings is 1. The lowest BCUT2D eigenvalue weighted by atomic mass is 10.1. The monoisotopic (exact) mass is 328 g/mol. The minimum Gasteiger partial charge on any atom is -0.495 e. The predicted molar refractivity (Wildman–Crippen MR) is 90.6 cm³/mol. The van der Waals surface area contributed by atoms with Gasteiger partial charge in [0.15, 0.2) is 0 Å². The number of methoxy groups -OCH3 is 1. The maximum Gasteiger partial charge on any atom is 0.137 e. The highest BCUT2D eigenvalue weighted by atomic mass is 35.5. The molecule has 3 rings (SSSR count). The summed E-state index contributed by atoms with van der Waals surface area (Å²) in [7, 11) is 1.59. The minimum absolute atomic E-state index is 0.128. The van der Waals surface area contributed by atoms with Crippen LogP contribution in [0.1, 0.15) is 17.4 Å². The number of pyridine rings is 1. The standard InChI is InChI=1S/C18H17ClN2O2/c1-22-18-4-2-13(10-15(18)19)17-5-3-14(23-17)11-16(20)12-6-8-21-9-7-12/h2-10,16H,11,20H2,1H3. The molecule has 2 N–H and O–H groups in total. The number of benzene rings is 1. The smallest absolute Gasteiger partial charge is 0.137 e. The van der Waals surface area contributed by atoms with Crippen LogP contribution in [0.15, 0.2) is 59.3 Å². The van der Waals surface area contributed by atoms with E-state index in [0.717, 1.165) is 22.6 Å². The first-order valence-corrected chi connectivity index (χ1v) is 7.63. The molecule has 1 aromatic carbocycles. The van der Waals surface area contributed by atoms with Gasteiger partial charge in [-0.1, -0.05) is 11.6 Å². The molecule has 23 heavy (non-hydrogen) atoms. The summed E-state index contributed by atoms with van der Waals surface area (Å²) in [6.45, 7) is 0. The summed E-state index contributed by atoms with van der Waals surface area (Å²) < 4.78 is 11.1. The van der Waals surface area contributed by atoms with Crippen molar-refractivity contribution in [3.63, 3.8) is 0 Å². The van der Waals surface area contributed by atoms with Crippen LogP contribution in [0.4, 0.5) is 0 Å². The number of halogens is 1. The molecule has 0 aliphatic carbocycles. The number of nitrogens with two attached hydrogens (primary N) is 1. The Labute approximate surface area is 139 Å². The molecule has 2 heterocycles. The van der Waals surface area contributed by atoms with E-state index in [-0.39, 0.29) is 6.04 Å². The molecule has 1 atom stereocenters. The molecule has 5 heteroatoms. The zero-order valence-corrected chi connectivity index (χ0v) is 13.5. The van der Waals surface area contributed by atoms with Crippen molar-refractivity contribution in [2.75, 3.05) is 7.11 Å². The highest BCUT2D eigenvalue weighted by Gasteiger charge is 2.12. The van der Waals surface area contributed by atoms with Crippen molar-refractivity contribution in [2.45, 2.75) is 12.5 Å². The summed E-state index contributed by atoms with van der Waals surface area (Å²) in [5.74, 6) is 2.23. The molecule has 0 saturated carbocycles. The van der Waals surface area contributed by atoms with Crippen molar-refractivity contribution < 1.29 is 9.15 Å². The fourth-order valence-corrected chi connectivity index (χ4v) is 2.67. The average molecular weight is 329 g/mol. The minimum atomic E-state index is -0.128. The van der Waals surface area contributed by atoms with Crippen LogP contribution in [0.5, 0.6) is 5.75 Å². The van der Waals surface area contributed by atoms with E-state index >= 15 is 0 Å². The lowest BCUT2D eigenvalue weighted by Crippen LogP contribution is -2.12. The maximum absolute atomic E-state index is 6.21. The maximum atomic E-state index is 6.21. The van der Waals surface area contributed by atoms with Crippen molar-refractivity contribution in [3.05, 3.63) is 71.2 Å². The molecule has 2 aromatic heterocycles. The van der Waals surface area contributed by atoms with Crippen molar-refractivity contribution in [1.29, 1.82) is 0 Å². The first kappa shape index (κ1) is 15.6. The highest BCUT2D eigenvalue weighted by Crippen LogP contribution is 2.31. The van der Waals surface area contributed by atoms with Gasteiger partial charge in [0.2, 0.25) is 0 Å². The summed E-state index contributed by atoms with van der Waals surface area (Å²) in [6, 6.07) is 13.1. The summed E-state index contributed by atoms with van der Waals surface area (Å²) in [5.41, 5.74) is 8.15. The largest absolute Gasteiger partial charge is 0.495 e. The van der Waals surface area contributed by atoms with Crippen molar-refractivity contribution >= 4 is 11.6 Å². The zero-order valence-electron chi connectivity index (χ0n) is 12.7. The molecule has 0 fully saturated rings. The molecular weight excluding hydrogens is 312 g/mol. The molecule has 0 amide bonds. The van der Waals surface area contributed by atoms with Gasteiger partial charge in [0.25, 0.3) is 0 Å². The van der Waals surface area contributed by atoms with E-state index in [0.29, 0.717) is 17.2 Å². The number of rotatable bonds is 5. The first-order valence-electron chi connectivity index (χ1n) is 7.25. The van der Waals surface area contributed by atoms with Crippen LogP contribution >= 0.6 is 11.6 Å². The third-order valence-electron chi connectivity index (χ3n) is 3.65. The second-order valence-electron chi connectivity index (χ2n) is 5.21. The Balaban J connectivity index is 1.77. The SMILES string of the molecule is COc1ccc(-c2ccc(CC(N)c3ccncc3)o2)cc1Cl. The van der Waals surface area contributed by atoms with Crippen LogP contribution in [0.25, 0.3) is 11.3 Å². The number of ether oxygens (including phenoxy) is 1. The molecule has 0 radical (unpaired) electrons.